The summed E-state index contributed by atoms with van der Waals surface area (Å²) in [6.45, 7) is 3.85. The number of hydrogen-bond donors (Lipinski definition) is 2. The van der Waals surface area contributed by atoms with Gasteiger partial charge < -0.3 is 19.7 Å². The van der Waals surface area contributed by atoms with E-state index >= 15 is 0 Å². The molecule has 0 saturated carbocycles. The second-order valence-electron chi connectivity index (χ2n) is 5.07. The zero-order chi connectivity index (χ0) is 14.4. The Morgan fingerprint density at radius 1 is 1.40 bits per heavy atom. The monoisotopic (exact) mass is 278 g/mol. The molecule has 0 unspecified atom stereocenters. The van der Waals surface area contributed by atoms with Gasteiger partial charge >= 0.3 is 0 Å². The maximum Gasteiger partial charge on any atom is 0.112 e. The largest absolute Gasteiger partial charge is 0.394 e. The number of ether oxygens (including phenoxy) is 2. The molecule has 1 aromatic rings. The van der Waals surface area contributed by atoms with Crippen LogP contribution in [-0.4, -0.2) is 41.2 Å². The lowest BCUT2D eigenvalue weighted by molar-refractivity contribution is -0.0991. The second kappa shape index (κ2) is 7.55. The van der Waals surface area contributed by atoms with Crippen LogP contribution < -0.4 is 0 Å². The number of aliphatic hydroxyl groups is 2. The third-order valence-corrected chi connectivity index (χ3v) is 3.51. The predicted molar refractivity (Wildman–Crippen MR) is 76.2 cm³/mol. The number of benzene rings is 1. The Kier molecular flexibility index (Phi) is 5.73. The van der Waals surface area contributed by atoms with Crippen LogP contribution in [0.1, 0.15) is 18.4 Å². The van der Waals surface area contributed by atoms with Gasteiger partial charge in [0.2, 0.25) is 0 Å². The van der Waals surface area contributed by atoms with E-state index in [1.165, 1.54) is 0 Å². The molecule has 2 rings (SSSR count). The van der Waals surface area contributed by atoms with Gasteiger partial charge in [0.05, 0.1) is 25.4 Å². The average molecular weight is 278 g/mol. The second-order valence-corrected chi connectivity index (χ2v) is 5.07. The summed E-state index contributed by atoms with van der Waals surface area (Å²) < 4.78 is 11.6. The Morgan fingerprint density at radius 2 is 2.15 bits per heavy atom. The van der Waals surface area contributed by atoms with E-state index in [4.69, 9.17) is 14.6 Å². The van der Waals surface area contributed by atoms with Crippen molar-refractivity contribution < 1.29 is 19.7 Å². The maximum atomic E-state index is 9.83. The summed E-state index contributed by atoms with van der Waals surface area (Å²) in [6.07, 6.45) is 1.63. The SMILES string of the molecule is C=CC[C@H]1C[C@@H](OCc2ccccc2)[C@H]([C@H](O)CO)O1. The highest BCUT2D eigenvalue weighted by Gasteiger charge is 2.39. The molecule has 0 aliphatic carbocycles. The van der Waals surface area contributed by atoms with Gasteiger partial charge in [-0.15, -0.1) is 6.58 Å². The van der Waals surface area contributed by atoms with Gasteiger partial charge in [0.1, 0.15) is 12.2 Å². The van der Waals surface area contributed by atoms with Crippen LogP contribution in [0.3, 0.4) is 0 Å². The molecule has 0 aromatic heterocycles. The first-order valence-electron chi connectivity index (χ1n) is 6.95. The van der Waals surface area contributed by atoms with Gasteiger partial charge in [0.25, 0.3) is 0 Å². The Labute approximate surface area is 119 Å². The van der Waals surface area contributed by atoms with Gasteiger partial charge in [-0.2, -0.15) is 0 Å². The Bertz CT molecular complexity index is 406. The van der Waals surface area contributed by atoms with Crippen molar-refractivity contribution in [2.45, 2.75) is 43.9 Å². The van der Waals surface area contributed by atoms with Crippen LogP contribution in [0.15, 0.2) is 43.0 Å². The number of aliphatic hydroxyl groups excluding tert-OH is 2. The molecule has 0 bridgehead atoms. The fourth-order valence-corrected chi connectivity index (χ4v) is 2.48. The molecule has 1 saturated heterocycles. The first-order valence-corrected chi connectivity index (χ1v) is 6.95. The lowest BCUT2D eigenvalue weighted by Gasteiger charge is -2.22. The van der Waals surface area contributed by atoms with E-state index < -0.39 is 12.2 Å². The summed E-state index contributed by atoms with van der Waals surface area (Å²) in [5, 5.41) is 18.9. The topological polar surface area (TPSA) is 58.9 Å². The quantitative estimate of drug-likeness (QED) is 0.745. The molecule has 110 valence electrons. The minimum atomic E-state index is -0.911. The molecule has 1 aromatic carbocycles. The molecular formula is C16H22O4. The first kappa shape index (κ1) is 15.2. The molecule has 0 amide bonds. The lowest BCUT2D eigenvalue weighted by Crippen LogP contribution is -2.38. The van der Waals surface area contributed by atoms with E-state index in [-0.39, 0.29) is 18.8 Å². The molecule has 20 heavy (non-hydrogen) atoms. The van der Waals surface area contributed by atoms with Gasteiger partial charge in [-0.25, -0.2) is 0 Å². The average Bonchev–Trinajstić information content (AvgIpc) is 2.89. The molecular weight excluding hydrogens is 256 g/mol. The summed E-state index contributed by atoms with van der Waals surface area (Å²) >= 11 is 0. The summed E-state index contributed by atoms with van der Waals surface area (Å²) in [5.41, 5.74) is 1.08. The normalized spacial score (nSPS) is 27.4. The zero-order valence-corrected chi connectivity index (χ0v) is 11.5. The van der Waals surface area contributed by atoms with Gasteiger partial charge in [-0.05, 0) is 12.0 Å². The predicted octanol–water partition coefficient (Wildman–Crippen LogP) is 1.66. The minimum Gasteiger partial charge on any atom is -0.394 e. The van der Waals surface area contributed by atoms with Gasteiger partial charge in [-0.3, -0.25) is 0 Å². The Hall–Kier alpha value is -1.20. The van der Waals surface area contributed by atoms with E-state index in [9.17, 15) is 5.11 Å². The highest BCUT2D eigenvalue weighted by atomic mass is 16.6. The minimum absolute atomic E-state index is 0.000488. The van der Waals surface area contributed by atoms with Crippen LogP contribution in [0.25, 0.3) is 0 Å². The van der Waals surface area contributed by atoms with E-state index in [0.29, 0.717) is 13.0 Å². The molecule has 4 nitrogen and oxygen atoms in total. The summed E-state index contributed by atoms with van der Waals surface area (Å²) in [5.74, 6) is 0. The summed E-state index contributed by atoms with van der Waals surface area (Å²) in [7, 11) is 0. The maximum absolute atomic E-state index is 9.83. The van der Waals surface area contributed by atoms with Gasteiger partial charge in [0, 0.05) is 6.42 Å². The Morgan fingerprint density at radius 3 is 2.80 bits per heavy atom. The first-order chi connectivity index (χ1) is 9.74. The fourth-order valence-electron chi connectivity index (χ4n) is 2.48. The summed E-state index contributed by atoms with van der Waals surface area (Å²) in [6, 6.07) is 9.87. The molecule has 1 aliphatic rings. The van der Waals surface area contributed by atoms with E-state index in [1.54, 1.807) is 6.08 Å². The van der Waals surface area contributed by atoms with Gasteiger partial charge in [-0.1, -0.05) is 36.4 Å². The molecule has 4 atom stereocenters. The molecule has 0 radical (unpaired) electrons. The molecule has 2 N–H and O–H groups in total. The van der Waals surface area contributed by atoms with Crippen molar-refractivity contribution >= 4 is 0 Å². The Balaban J connectivity index is 1.94. The third kappa shape index (κ3) is 3.90. The van der Waals surface area contributed by atoms with E-state index in [1.807, 2.05) is 30.3 Å². The van der Waals surface area contributed by atoms with Crippen molar-refractivity contribution in [3.63, 3.8) is 0 Å². The van der Waals surface area contributed by atoms with Crippen molar-refractivity contribution in [1.29, 1.82) is 0 Å². The number of rotatable bonds is 7. The molecule has 1 heterocycles. The van der Waals surface area contributed by atoms with Crippen LogP contribution in [-0.2, 0) is 16.1 Å². The highest BCUT2D eigenvalue weighted by molar-refractivity contribution is 5.13. The van der Waals surface area contributed by atoms with Crippen molar-refractivity contribution in [1.82, 2.24) is 0 Å². The standard InChI is InChI=1S/C16H22O4/c1-2-6-13-9-15(16(20-13)14(18)10-17)19-11-12-7-4-3-5-8-12/h2-5,7-8,13-18H,1,6,9-11H2/t13-,14+,15+,16-/m0/s1. The third-order valence-electron chi connectivity index (χ3n) is 3.51. The molecule has 4 heteroatoms. The van der Waals surface area contributed by atoms with E-state index in [2.05, 4.69) is 6.58 Å². The summed E-state index contributed by atoms with van der Waals surface area (Å²) in [4.78, 5) is 0. The molecule has 0 spiro atoms. The van der Waals surface area contributed by atoms with Crippen LogP contribution in [0.2, 0.25) is 0 Å². The van der Waals surface area contributed by atoms with Crippen LogP contribution >= 0.6 is 0 Å². The highest BCUT2D eigenvalue weighted by Crippen LogP contribution is 2.28. The fraction of sp³-hybridized carbons (Fsp3) is 0.500. The zero-order valence-electron chi connectivity index (χ0n) is 11.5. The molecule has 1 fully saturated rings. The van der Waals surface area contributed by atoms with Crippen molar-refractivity contribution in [2.24, 2.45) is 0 Å². The van der Waals surface area contributed by atoms with Crippen LogP contribution in [0.5, 0.6) is 0 Å². The van der Waals surface area contributed by atoms with Crippen molar-refractivity contribution in [2.75, 3.05) is 6.61 Å². The van der Waals surface area contributed by atoms with Crippen molar-refractivity contribution in [3.05, 3.63) is 48.6 Å². The van der Waals surface area contributed by atoms with Crippen LogP contribution in [0.4, 0.5) is 0 Å². The van der Waals surface area contributed by atoms with Crippen molar-refractivity contribution in [3.8, 4) is 0 Å². The van der Waals surface area contributed by atoms with Gasteiger partial charge in [0.15, 0.2) is 0 Å². The molecule has 1 aliphatic heterocycles. The number of hydrogen-bond acceptors (Lipinski definition) is 4. The van der Waals surface area contributed by atoms with Crippen LogP contribution in [0, 0.1) is 0 Å². The lowest BCUT2D eigenvalue weighted by atomic mass is 10.1. The van der Waals surface area contributed by atoms with E-state index in [0.717, 1.165) is 12.0 Å². The smallest absolute Gasteiger partial charge is 0.112 e.